The van der Waals surface area contributed by atoms with Crippen LogP contribution in [0.5, 0.6) is 0 Å². The fourth-order valence-electron chi connectivity index (χ4n) is 2.09. The van der Waals surface area contributed by atoms with Crippen LogP contribution in [0.1, 0.15) is 16.2 Å². The zero-order chi connectivity index (χ0) is 13.9. The zero-order valence-corrected chi connectivity index (χ0v) is 10.7. The molecule has 3 aromatic rings. The maximum Gasteiger partial charge on any atom is 0.352 e. The second-order valence-corrected chi connectivity index (χ2v) is 4.41. The summed E-state index contributed by atoms with van der Waals surface area (Å²) in [6, 6.07) is 15.0. The van der Waals surface area contributed by atoms with E-state index < -0.39 is 5.97 Å². The number of nitrogens with zero attached hydrogens (tertiary/aromatic N) is 3. The third-order valence-corrected chi connectivity index (χ3v) is 3.05. The van der Waals surface area contributed by atoms with Gasteiger partial charge in [-0.1, -0.05) is 18.2 Å². The maximum atomic E-state index is 11.1. The van der Waals surface area contributed by atoms with E-state index in [0.717, 1.165) is 11.4 Å². The van der Waals surface area contributed by atoms with Gasteiger partial charge in [-0.15, -0.1) is 0 Å². The summed E-state index contributed by atoms with van der Waals surface area (Å²) in [6.07, 6.45) is 3.61. The molecule has 0 amide bonds. The van der Waals surface area contributed by atoms with Crippen molar-refractivity contribution in [2.75, 3.05) is 0 Å². The van der Waals surface area contributed by atoms with Crippen molar-refractivity contribution in [3.05, 3.63) is 72.3 Å². The molecule has 1 N–H and O–H groups in total. The summed E-state index contributed by atoms with van der Waals surface area (Å²) in [7, 11) is 0. The molecule has 2 aromatic heterocycles. The minimum atomic E-state index is -0.933. The Bertz CT molecular complexity index is 728. The second kappa shape index (κ2) is 5.05. The molecule has 5 nitrogen and oxygen atoms in total. The molecule has 0 aliphatic rings. The summed E-state index contributed by atoms with van der Waals surface area (Å²) in [5.41, 5.74) is 2.05. The number of aromatic carboxylic acids is 1. The molecule has 3 rings (SSSR count). The summed E-state index contributed by atoms with van der Waals surface area (Å²) >= 11 is 0. The largest absolute Gasteiger partial charge is 0.477 e. The highest BCUT2D eigenvalue weighted by Crippen LogP contribution is 2.10. The Hall–Kier alpha value is -2.82. The van der Waals surface area contributed by atoms with Gasteiger partial charge in [0, 0.05) is 12.4 Å². The molecule has 0 radical (unpaired) electrons. The van der Waals surface area contributed by atoms with E-state index in [1.807, 2.05) is 42.6 Å². The maximum absolute atomic E-state index is 11.1. The van der Waals surface area contributed by atoms with Gasteiger partial charge in [0.25, 0.3) is 0 Å². The van der Waals surface area contributed by atoms with E-state index in [1.165, 1.54) is 0 Å². The monoisotopic (exact) mass is 267 g/mol. The van der Waals surface area contributed by atoms with Gasteiger partial charge in [0.1, 0.15) is 5.69 Å². The smallest absolute Gasteiger partial charge is 0.352 e. The molecule has 0 aliphatic carbocycles. The number of benzene rings is 1. The highest BCUT2D eigenvalue weighted by atomic mass is 16.4. The average Bonchev–Trinajstić information content (AvgIpc) is 3.09. The van der Waals surface area contributed by atoms with Crippen LogP contribution in [0.25, 0.3) is 5.69 Å². The average molecular weight is 267 g/mol. The summed E-state index contributed by atoms with van der Waals surface area (Å²) in [4.78, 5) is 11.1. The van der Waals surface area contributed by atoms with E-state index in [4.69, 9.17) is 5.11 Å². The SMILES string of the molecule is O=C(O)c1cccn1Cc1ccn(-c2ccccc2)n1. The van der Waals surface area contributed by atoms with Crippen molar-refractivity contribution in [1.29, 1.82) is 0 Å². The number of carbonyl (C=O) groups is 1. The number of para-hydroxylation sites is 1. The molecule has 5 heteroatoms. The Kier molecular flexibility index (Phi) is 3.09. The molecule has 2 heterocycles. The first-order valence-corrected chi connectivity index (χ1v) is 6.22. The molecule has 0 unspecified atom stereocenters. The molecule has 0 saturated carbocycles. The Morgan fingerprint density at radius 3 is 2.60 bits per heavy atom. The number of carboxylic acid groups (broad SMARTS) is 1. The molecule has 1 aromatic carbocycles. The van der Waals surface area contributed by atoms with Gasteiger partial charge in [-0.2, -0.15) is 5.10 Å². The van der Waals surface area contributed by atoms with Gasteiger partial charge in [-0.05, 0) is 30.3 Å². The van der Waals surface area contributed by atoms with Crippen molar-refractivity contribution in [2.24, 2.45) is 0 Å². The molecular formula is C15H13N3O2. The Labute approximate surface area is 115 Å². The van der Waals surface area contributed by atoms with E-state index in [2.05, 4.69) is 5.10 Å². The van der Waals surface area contributed by atoms with Crippen LogP contribution < -0.4 is 0 Å². The minimum absolute atomic E-state index is 0.263. The standard InChI is InChI=1S/C15H13N3O2/c19-15(20)14-7-4-9-17(14)11-12-8-10-18(16-12)13-5-2-1-3-6-13/h1-10H,11H2,(H,19,20). The highest BCUT2D eigenvalue weighted by Gasteiger charge is 2.10. The fraction of sp³-hybridized carbons (Fsp3) is 0.0667. The molecule has 0 spiro atoms. The van der Waals surface area contributed by atoms with Crippen LogP contribution in [0, 0.1) is 0 Å². The van der Waals surface area contributed by atoms with Gasteiger partial charge in [-0.3, -0.25) is 0 Å². The van der Waals surface area contributed by atoms with Gasteiger partial charge in [-0.25, -0.2) is 9.48 Å². The van der Waals surface area contributed by atoms with Crippen molar-refractivity contribution in [3.8, 4) is 5.69 Å². The van der Waals surface area contributed by atoms with E-state index in [-0.39, 0.29) is 5.69 Å². The summed E-state index contributed by atoms with van der Waals surface area (Å²) in [5.74, 6) is -0.933. The topological polar surface area (TPSA) is 60.0 Å². The Morgan fingerprint density at radius 2 is 1.85 bits per heavy atom. The number of carboxylic acids is 1. The van der Waals surface area contributed by atoms with Crippen molar-refractivity contribution < 1.29 is 9.90 Å². The first-order valence-electron chi connectivity index (χ1n) is 6.22. The molecule has 20 heavy (non-hydrogen) atoms. The highest BCUT2D eigenvalue weighted by molar-refractivity contribution is 5.85. The molecule has 0 atom stereocenters. The molecule has 100 valence electrons. The van der Waals surface area contributed by atoms with Crippen LogP contribution >= 0.6 is 0 Å². The minimum Gasteiger partial charge on any atom is -0.477 e. The van der Waals surface area contributed by atoms with Gasteiger partial charge in [0.05, 0.1) is 17.9 Å². The summed E-state index contributed by atoms with van der Waals surface area (Å²) < 4.78 is 3.44. The second-order valence-electron chi connectivity index (χ2n) is 4.41. The van der Waals surface area contributed by atoms with Crippen LogP contribution in [0.15, 0.2) is 60.9 Å². The lowest BCUT2D eigenvalue weighted by atomic mass is 10.3. The van der Waals surface area contributed by atoms with Crippen molar-refractivity contribution in [1.82, 2.24) is 14.3 Å². The molecule has 0 aliphatic heterocycles. The molecule has 0 bridgehead atoms. The van der Waals surface area contributed by atoms with Gasteiger partial charge in [0.15, 0.2) is 0 Å². The Morgan fingerprint density at radius 1 is 1.05 bits per heavy atom. The van der Waals surface area contributed by atoms with Crippen LogP contribution in [0.3, 0.4) is 0 Å². The number of hydrogen-bond acceptors (Lipinski definition) is 2. The van der Waals surface area contributed by atoms with E-state index in [9.17, 15) is 4.79 Å². The number of hydrogen-bond donors (Lipinski definition) is 1. The van der Waals surface area contributed by atoms with Crippen LogP contribution in [-0.2, 0) is 6.54 Å². The van der Waals surface area contributed by atoms with E-state index in [1.54, 1.807) is 27.6 Å². The lowest BCUT2D eigenvalue weighted by molar-refractivity contribution is 0.0685. The fourth-order valence-corrected chi connectivity index (χ4v) is 2.09. The van der Waals surface area contributed by atoms with Gasteiger partial charge >= 0.3 is 5.97 Å². The van der Waals surface area contributed by atoms with Crippen molar-refractivity contribution >= 4 is 5.97 Å². The summed E-state index contributed by atoms with van der Waals surface area (Å²) in [5, 5.41) is 13.5. The van der Waals surface area contributed by atoms with Gasteiger partial charge in [0.2, 0.25) is 0 Å². The summed E-state index contributed by atoms with van der Waals surface area (Å²) in [6.45, 7) is 0.439. The quantitative estimate of drug-likeness (QED) is 0.789. The predicted molar refractivity (Wildman–Crippen MR) is 74.1 cm³/mol. The third-order valence-electron chi connectivity index (χ3n) is 3.05. The first-order chi connectivity index (χ1) is 9.74. The molecule has 0 saturated heterocycles. The normalized spacial score (nSPS) is 10.6. The van der Waals surface area contributed by atoms with Crippen LogP contribution in [0.2, 0.25) is 0 Å². The van der Waals surface area contributed by atoms with E-state index in [0.29, 0.717) is 6.54 Å². The van der Waals surface area contributed by atoms with Crippen molar-refractivity contribution in [2.45, 2.75) is 6.54 Å². The number of rotatable bonds is 4. The molecular weight excluding hydrogens is 254 g/mol. The molecule has 0 fully saturated rings. The first kappa shape index (κ1) is 12.2. The zero-order valence-electron chi connectivity index (χ0n) is 10.7. The third kappa shape index (κ3) is 2.33. The lowest BCUT2D eigenvalue weighted by Crippen LogP contribution is -2.09. The van der Waals surface area contributed by atoms with Crippen LogP contribution in [0.4, 0.5) is 0 Å². The number of aromatic nitrogens is 3. The van der Waals surface area contributed by atoms with Crippen molar-refractivity contribution in [3.63, 3.8) is 0 Å². The predicted octanol–water partition coefficient (Wildman–Crippen LogP) is 2.42. The Balaban J connectivity index is 1.84. The lowest BCUT2D eigenvalue weighted by Gasteiger charge is -2.04. The van der Waals surface area contributed by atoms with Crippen LogP contribution in [-0.4, -0.2) is 25.4 Å². The van der Waals surface area contributed by atoms with E-state index >= 15 is 0 Å². The van der Waals surface area contributed by atoms with Gasteiger partial charge < -0.3 is 9.67 Å².